The van der Waals surface area contributed by atoms with Crippen LogP contribution in [0, 0.1) is 0 Å². The molecule has 0 aromatic carbocycles. The standard InChI is InChI=1S/C14H18N2OS2.ClH/c1-15-7-6-14(17)16(10-12-4-2-8-18-12)11-13-5-3-9-19-13;/h2-5,8-9,15H,6-7,10-11H2,1H3;1H. The number of nitrogens with one attached hydrogen (secondary N) is 1. The first-order chi connectivity index (χ1) is 9.29. The van der Waals surface area contributed by atoms with Crippen molar-refractivity contribution in [1.82, 2.24) is 10.2 Å². The van der Waals surface area contributed by atoms with E-state index in [1.165, 1.54) is 9.75 Å². The molecule has 0 saturated heterocycles. The van der Waals surface area contributed by atoms with Crippen molar-refractivity contribution in [2.45, 2.75) is 19.5 Å². The van der Waals surface area contributed by atoms with Crippen LogP contribution in [-0.4, -0.2) is 24.4 Å². The Morgan fingerprint density at radius 3 is 2.10 bits per heavy atom. The fraction of sp³-hybridized carbons (Fsp3) is 0.357. The average molecular weight is 331 g/mol. The summed E-state index contributed by atoms with van der Waals surface area (Å²) in [5, 5.41) is 7.13. The number of rotatable bonds is 7. The van der Waals surface area contributed by atoms with Crippen molar-refractivity contribution in [3.8, 4) is 0 Å². The second kappa shape index (κ2) is 9.13. The molecule has 2 aromatic heterocycles. The molecule has 1 amide bonds. The van der Waals surface area contributed by atoms with E-state index < -0.39 is 0 Å². The summed E-state index contributed by atoms with van der Waals surface area (Å²) in [6.45, 7) is 2.14. The van der Waals surface area contributed by atoms with Crippen LogP contribution < -0.4 is 5.32 Å². The summed E-state index contributed by atoms with van der Waals surface area (Å²) in [5.41, 5.74) is 0. The van der Waals surface area contributed by atoms with E-state index in [9.17, 15) is 4.79 Å². The Hall–Kier alpha value is -0.880. The normalized spacial score (nSPS) is 10.1. The van der Waals surface area contributed by atoms with E-state index in [1.54, 1.807) is 22.7 Å². The zero-order valence-electron chi connectivity index (χ0n) is 11.4. The summed E-state index contributed by atoms with van der Waals surface area (Å²) in [6, 6.07) is 8.22. The lowest BCUT2D eigenvalue weighted by Crippen LogP contribution is -2.31. The largest absolute Gasteiger partial charge is 0.332 e. The predicted molar refractivity (Wildman–Crippen MR) is 88.7 cm³/mol. The number of hydrogen-bond donors (Lipinski definition) is 1. The first kappa shape index (κ1) is 17.2. The summed E-state index contributed by atoms with van der Waals surface area (Å²) >= 11 is 3.40. The maximum atomic E-state index is 12.2. The number of nitrogens with zero attached hydrogens (tertiary/aromatic N) is 1. The first-order valence-corrected chi connectivity index (χ1v) is 8.02. The molecule has 3 nitrogen and oxygen atoms in total. The first-order valence-electron chi connectivity index (χ1n) is 6.26. The van der Waals surface area contributed by atoms with Crippen molar-refractivity contribution in [3.63, 3.8) is 0 Å². The minimum atomic E-state index is 0. The third-order valence-electron chi connectivity index (χ3n) is 2.80. The van der Waals surface area contributed by atoms with E-state index in [0.29, 0.717) is 19.5 Å². The van der Waals surface area contributed by atoms with E-state index >= 15 is 0 Å². The van der Waals surface area contributed by atoms with Gasteiger partial charge in [-0.05, 0) is 29.9 Å². The molecule has 0 fully saturated rings. The van der Waals surface area contributed by atoms with Crippen LogP contribution in [0.4, 0.5) is 0 Å². The quantitative estimate of drug-likeness (QED) is 0.844. The van der Waals surface area contributed by atoms with Crippen LogP contribution >= 0.6 is 35.1 Å². The average Bonchev–Trinajstić information content (AvgIpc) is 3.08. The molecule has 6 heteroatoms. The summed E-state index contributed by atoms with van der Waals surface area (Å²) in [5.74, 6) is 0.205. The summed E-state index contributed by atoms with van der Waals surface area (Å²) in [4.78, 5) is 16.7. The SMILES string of the molecule is CNCCC(=O)N(Cc1cccs1)Cc1cccs1.Cl. The third kappa shape index (κ3) is 5.25. The summed E-state index contributed by atoms with van der Waals surface area (Å²) in [7, 11) is 1.87. The molecule has 0 saturated carbocycles. The highest BCUT2D eigenvalue weighted by Gasteiger charge is 2.15. The smallest absolute Gasteiger partial charge is 0.224 e. The van der Waals surface area contributed by atoms with Gasteiger partial charge >= 0.3 is 0 Å². The van der Waals surface area contributed by atoms with E-state index in [2.05, 4.69) is 28.2 Å². The van der Waals surface area contributed by atoms with Crippen LogP contribution in [0.1, 0.15) is 16.2 Å². The second-order valence-electron chi connectivity index (χ2n) is 4.26. The van der Waals surface area contributed by atoms with Crippen molar-refractivity contribution in [2.75, 3.05) is 13.6 Å². The van der Waals surface area contributed by atoms with Crippen LogP contribution in [0.15, 0.2) is 35.0 Å². The Kier molecular flexibility index (Phi) is 7.84. The molecule has 0 bridgehead atoms. The number of halogens is 1. The highest BCUT2D eigenvalue weighted by atomic mass is 35.5. The van der Waals surface area contributed by atoms with Gasteiger partial charge in [-0.2, -0.15) is 0 Å². The van der Waals surface area contributed by atoms with Gasteiger partial charge in [0.15, 0.2) is 0 Å². The van der Waals surface area contributed by atoms with E-state index in [-0.39, 0.29) is 18.3 Å². The van der Waals surface area contributed by atoms with Crippen molar-refractivity contribution in [3.05, 3.63) is 44.8 Å². The van der Waals surface area contributed by atoms with Crippen molar-refractivity contribution in [2.24, 2.45) is 0 Å². The Balaban J connectivity index is 0.00000200. The Morgan fingerprint density at radius 2 is 1.70 bits per heavy atom. The van der Waals surface area contributed by atoms with Crippen LogP contribution in [0.5, 0.6) is 0 Å². The van der Waals surface area contributed by atoms with E-state index in [1.807, 2.05) is 24.1 Å². The zero-order valence-corrected chi connectivity index (χ0v) is 13.8. The molecule has 0 aliphatic rings. The van der Waals surface area contributed by atoms with Gasteiger partial charge in [0.05, 0.1) is 13.1 Å². The number of carbonyl (C=O) groups excluding carboxylic acids is 1. The molecule has 0 atom stereocenters. The molecule has 0 spiro atoms. The van der Waals surface area contributed by atoms with E-state index in [4.69, 9.17) is 0 Å². The highest BCUT2D eigenvalue weighted by Crippen LogP contribution is 2.17. The minimum Gasteiger partial charge on any atom is -0.332 e. The molecule has 2 heterocycles. The molecule has 1 N–H and O–H groups in total. The van der Waals surface area contributed by atoms with Gasteiger partial charge in [-0.1, -0.05) is 12.1 Å². The van der Waals surface area contributed by atoms with Gasteiger partial charge < -0.3 is 10.2 Å². The fourth-order valence-corrected chi connectivity index (χ4v) is 3.24. The number of carbonyl (C=O) groups is 1. The van der Waals surface area contributed by atoms with Gasteiger partial charge in [0, 0.05) is 22.7 Å². The van der Waals surface area contributed by atoms with Gasteiger partial charge in [-0.15, -0.1) is 35.1 Å². The number of amides is 1. The fourth-order valence-electron chi connectivity index (χ4n) is 1.80. The van der Waals surface area contributed by atoms with Crippen molar-refractivity contribution >= 4 is 41.0 Å². The molecule has 20 heavy (non-hydrogen) atoms. The molecule has 0 aliphatic heterocycles. The highest BCUT2D eigenvalue weighted by molar-refractivity contribution is 7.10. The van der Waals surface area contributed by atoms with Crippen molar-refractivity contribution in [1.29, 1.82) is 0 Å². The minimum absolute atomic E-state index is 0. The van der Waals surface area contributed by atoms with Gasteiger partial charge in [-0.25, -0.2) is 0 Å². The molecule has 0 aliphatic carbocycles. The lowest BCUT2D eigenvalue weighted by Gasteiger charge is -2.21. The molecule has 2 aromatic rings. The second-order valence-corrected chi connectivity index (χ2v) is 6.33. The number of thiophene rings is 2. The zero-order chi connectivity index (χ0) is 13.5. The van der Waals surface area contributed by atoms with Crippen LogP contribution in [0.25, 0.3) is 0 Å². The Bertz CT molecular complexity index is 449. The van der Waals surface area contributed by atoms with Crippen LogP contribution in [-0.2, 0) is 17.9 Å². The predicted octanol–water partition coefficient (Wildman–Crippen LogP) is 3.37. The van der Waals surface area contributed by atoms with Crippen LogP contribution in [0.3, 0.4) is 0 Å². The molecule has 2 rings (SSSR count). The lowest BCUT2D eigenvalue weighted by atomic mass is 10.3. The third-order valence-corrected chi connectivity index (χ3v) is 4.52. The van der Waals surface area contributed by atoms with Crippen LogP contribution in [0.2, 0.25) is 0 Å². The van der Waals surface area contributed by atoms with Gasteiger partial charge in [0.1, 0.15) is 0 Å². The summed E-state index contributed by atoms with van der Waals surface area (Å²) in [6.07, 6.45) is 0.549. The Labute approximate surface area is 134 Å². The van der Waals surface area contributed by atoms with E-state index in [0.717, 1.165) is 6.54 Å². The molecular formula is C14H19ClN2OS2. The van der Waals surface area contributed by atoms with Crippen molar-refractivity contribution < 1.29 is 4.79 Å². The van der Waals surface area contributed by atoms with Gasteiger partial charge in [-0.3, -0.25) is 4.79 Å². The van der Waals surface area contributed by atoms with Gasteiger partial charge in [0.2, 0.25) is 5.91 Å². The molecular weight excluding hydrogens is 312 g/mol. The van der Waals surface area contributed by atoms with Gasteiger partial charge in [0.25, 0.3) is 0 Å². The maximum absolute atomic E-state index is 12.2. The summed E-state index contributed by atoms with van der Waals surface area (Å²) < 4.78 is 0. The molecule has 110 valence electrons. The monoisotopic (exact) mass is 330 g/mol. The number of hydrogen-bond acceptors (Lipinski definition) is 4. The molecule has 0 radical (unpaired) electrons. The topological polar surface area (TPSA) is 32.3 Å². The Morgan fingerprint density at radius 1 is 1.15 bits per heavy atom. The lowest BCUT2D eigenvalue weighted by molar-refractivity contribution is -0.132. The maximum Gasteiger partial charge on any atom is 0.224 e. The molecule has 0 unspecified atom stereocenters.